The van der Waals surface area contributed by atoms with Gasteiger partial charge in [-0.1, -0.05) is 23.7 Å². The first-order chi connectivity index (χ1) is 14.3. The van der Waals surface area contributed by atoms with Crippen molar-refractivity contribution in [1.29, 1.82) is 0 Å². The van der Waals surface area contributed by atoms with Gasteiger partial charge in [-0.2, -0.15) is 13.8 Å². The molecule has 0 fully saturated rings. The summed E-state index contributed by atoms with van der Waals surface area (Å²) in [7, 11) is 1.33. The van der Waals surface area contributed by atoms with Gasteiger partial charge in [0.1, 0.15) is 11.6 Å². The monoisotopic (exact) mass is 439 g/mol. The van der Waals surface area contributed by atoms with Crippen LogP contribution in [0.5, 0.6) is 11.5 Å². The molecule has 3 aromatic rings. The summed E-state index contributed by atoms with van der Waals surface area (Å²) in [6.45, 7) is -1.04. The number of ether oxygens (including phenoxy) is 2. The van der Waals surface area contributed by atoms with Crippen LogP contribution in [0.25, 0.3) is 0 Å². The summed E-state index contributed by atoms with van der Waals surface area (Å²) >= 11 is 5.85. The van der Waals surface area contributed by atoms with Crippen LogP contribution >= 0.6 is 11.6 Å². The first-order valence-corrected chi connectivity index (χ1v) is 9.06. The number of nitrogens with zero attached hydrogens (tertiary/aromatic N) is 2. The van der Waals surface area contributed by atoms with Crippen molar-refractivity contribution in [3.05, 3.63) is 74.9 Å². The molecular weight excluding hydrogens is 423 g/mol. The van der Waals surface area contributed by atoms with Gasteiger partial charge in [0, 0.05) is 11.8 Å². The van der Waals surface area contributed by atoms with Gasteiger partial charge >= 0.3 is 12.2 Å². The summed E-state index contributed by atoms with van der Waals surface area (Å²) < 4.78 is 49.6. The zero-order chi connectivity index (χ0) is 21.8. The van der Waals surface area contributed by atoms with Crippen molar-refractivity contribution in [2.24, 2.45) is 0 Å². The Bertz CT molecular complexity index is 1120. The van der Waals surface area contributed by atoms with E-state index < -0.39 is 18.0 Å². The summed E-state index contributed by atoms with van der Waals surface area (Å²) in [4.78, 5) is 16.2. The fourth-order valence-corrected chi connectivity index (χ4v) is 2.90. The van der Waals surface area contributed by atoms with E-state index in [2.05, 4.69) is 15.0 Å². The van der Waals surface area contributed by atoms with E-state index in [1.165, 1.54) is 43.6 Å². The van der Waals surface area contributed by atoms with Crippen molar-refractivity contribution in [2.75, 3.05) is 12.4 Å². The molecule has 2 aromatic carbocycles. The molecule has 0 radical (unpaired) electrons. The maximum Gasteiger partial charge on any atom is 0.387 e. The Morgan fingerprint density at radius 2 is 2.00 bits per heavy atom. The summed E-state index contributed by atoms with van der Waals surface area (Å²) in [6, 6.07) is 8.59. The highest BCUT2D eigenvalue weighted by Gasteiger charge is 2.13. The Kier molecular flexibility index (Phi) is 6.51. The number of methoxy groups -OCH3 is 1. The molecular formula is C20H17ClF3N3O3. The van der Waals surface area contributed by atoms with Crippen LogP contribution in [-0.4, -0.2) is 23.3 Å². The molecule has 1 heterocycles. The third-order valence-corrected chi connectivity index (χ3v) is 4.49. The fourth-order valence-electron chi connectivity index (χ4n) is 2.70. The molecule has 0 aliphatic rings. The maximum absolute atomic E-state index is 13.5. The van der Waals surface area contributed by atoms with Crippen molar-refractivity contribution in [3.63, 3.8) is 0 Å². The van der Waals surface area contributed by atoms with Crippen LogP contribution in [0.1, 0.15) is 11.1 Å². The van der Waals surface area contributed by atoms with E-state index in [0.717, 1.165) is 0 Å². The molecule has 1 N–H and O–H groups in total. The van der Waals surface area contributed by atoms with Gasteiger partial charge < -0.3 is 19.4 Å². The van der Waals surface area contributed by atoms with Gasteiger partial charge in [0.2, 0.25) is 11.7 Å². The maximum atomic E-state index is 13.5. The minimum Gasteiger partial charge on any atom is -0.490 e. The quantitative estimate of drug-likeness (QED) is 0.575. The van der Waals surface area contributed by atoms with Gasteiger partial charge in [-0.25, -0.2) is 4.39 Å². The van der Waals surface area contributed by atoms with Crippen LogP contribution in [0.3, 0.4) is 0 Å². The third kappa shape index (κ3) is 5.04. The van der Waals surface area contributed by atoms with Crippen molar-refractivity contribution in [1.82, 2.24) is 9.55 Å². The summed E-state index contributed by atoms with van der Waals surface area (Å²) in [5, 5.41) is 2.91. The lowest BCUT2D eigenvalue weighted by Gasteiger charge is -2.17. The molecule has 0 saturated heterocycles. The fraction of sp³-hybridized carbons (Fsp3) is 0.200. The number of aromatic nitrogens is 2. The molecule has 0 atom stereocenters. The molecule has 0 bridgehead atoms. The number of anilines is 2. The van der Waals surface area contributed by atoms with Crippen molar-refractivity contribution in [3.8, 4) is 11.5 Å². The van der Waals surface area contributed by atoms with Crippen LogP contribution in [0, 0.1) is 12.7 Å². The molecule has 158 valence electrons. The number of aryl methyl sites for hydroxylation is 1. The van der Waals surface area contributed by atoms with E-state index in [1.807, 2.05) is 0 Å². The van der Waals surface area contributed by atoms with Crippen LogP contribution < -0.4 is 20.3 Å². The zero-order valence-electron chi connectivity index (χ0n) is 16.0. The molecule has 0 spiro atoms. The average Bonchev–Trinajstić information content (AvgIpc) is 2.68. The Morgan fingerprint density at radius 1 is 1.23 bits per heavy atom. The molecule has 30 heavy (non-hydrogen) atoms. The van der Waals surface area contributed by atoms with Crippen LogP contribution in [0.15, 0.2) is 47.4 Å². The molecule has 0 aliphatic carbocycles. The third-order valence-electron chi connectivity index (χ3n) is 4.20. The van der Waals surface area contributed by atoms with E-state index in [1.54, 1.807) is 17.6 Å². The topological polar surface area (TPSA) is 65.4 Å². The van der Waals surface area contributed by atoms with Gasteiger partial charge in [0.15, 0.2) is 0 Å². The average molecular weight is 440 g/mol. The summed E-state index contributed by atoms with van der Waals surface area (Å²) in [5.41, 5.74) is 1.14. The Balaban J connectivity index is 2.00. The van der Waals surface area contributed by atoms with Gasteiger partial charge in [-0.05, 0) is 36.2 Å². The van der Waals surface area contributed by atoms with E-state index >= 15 is 0 Å². The highest BCUT2D eigenvalue weighted by Crippen LogP contribution is 2.26. The number of halogens is 4. The second kappa shape index (κ2) is 9.08. The normalized spacial score (nSPS) is 10.9. The van der Waals surface area contributed by atoms with Gasteiger partial charge in [-0.3, -0.25) is 4.79 Å². The minimum atomic E-state index is -2.97. The van der Waals surface area contributed by atoms with E-state index in [9.17, 15) is 18.0 Å². The lowest BCUT2D eigenvalue weighted by molar-refractivity contribution is -0.0498. The molecule has 3 rings (SSSR count). The number of hydrogen-bond donors (Lipinski definition) is 1. The minimum absolute atomic E-state index is 0.000245. The van der Waals surface area contributed by atoms with Crippen LogP contribution in [-0.2, 0) is 6.54 Å². The zero-order valence-corrected chi connectivity index (χ0v) is 16.7. The lowest BCUT2D eigenvalue weighted by atomic mass is 10.2. The molecule has 1 aromatic heterocycles. The number of nitrogens with one attached hydrogen (secondary N) is 1. The van der Waals surface area contributed by atoms with Crippen molar-refractivity contribution in [2.45, 2.75) is 20.1 Å². The van der Waals surface area contributed by atoms with Crippen molar-refractivity contribution < 1.29 is 22.6 Å². The molecule has 6 nitrogen and oxygen atoms in total. The Labute approximate surface area is 174 Å². The largest absolute Gasteiger partial charge is 0.490 e. The smallest absolute Gasteiger partial charge is 0.387 e. The Hall–Kier alpha value is -3.20. The molecule has 0 aliphatic heterocycles. The van der Waals surface area contributed by atoms with Crippen LogP contribution in [0.2, 0.25) is 5.02 Å². The molecule has 0 amide bonds. The SMILES string of the molecule is COc1cn(Cc2ccc(F)c(Cl)c2)c(Nc2cc(OC(F)F)ccc2C)nc1=O. The van der Waals surface area contributed by atoms with Crippen LogP contribution in [0.4, 0.5) is 24.8 Å². The number of hydrogen-bond acceptors (Lipinski definition) is 5. The molecule has 0 saturated carbocycles. The standard InChI is InChI=1S/C20H17ClF3N3O3/c1-11-3-5-13(30-19(23)24)8-16(11)25-20-26-18(28)17(29-2)10-27(20)9-12-4-6-15(22)14(21)7-12/h3-8,10,19H,9H2,1-2H3,(H,25,26,28). The summed E-state index contributed by atoms with van der Waals surface area (Å²) in [6.07, 6.45) is 1.43. The van der Waals surface area contributed by atoms with Gasteiger partial charge in [0.25, 0.3) is 0 Å². The van der Waals surface area contributed by atoms with E-state index in [4.69, 9.17) is 16.3 Å². The Morgan fingerprint density at radius 3 is 2.67 bits per heavy atom. The molecule has 10 heteroatoms. The van der Waals surface area contributed by atoms with Crippen molar-refractivity contribution >= 4 is 23.2 Å². The predicted octanol–water partition coefficient (Wildman–Crippen LogP) is 4.75. The second-order valence-electron chi connectivity index (χ2n) is 6.29. The van der Waals surface area contributed by atoms with Gasteiger partial charge in [-0.15, -0.1) is 0 Å². The first-order valence-electron chi connectivity index (χ1n) is 8.68. The number of rotatable bonds is 7. The second-order valence-corrected chi connectivity index (χ2v) is 6.70. The number of alkyl halides is 2. The van der Waals surface area contributed by atoms with E-state index in [0.29, 0.717) is 16.8 Å². The predicted molar refractivity (Wildman–Crippen MR) is 107 cm³/mol. The van der Waals surface area contributed by atoms with Gasteiger partial charge in [0.05, 0.1) is 24.9 Å². The summed E-state index contributed by atoms with van der Waals surface area (Å²) in [5.74, 6) is -0.481. The van der Waals surface area contributed by atoms with E-state index in [-0.39, 0.29) is 29.0 Å². The molecule has 0 unspecified atom stereocenters. The highest BCUT2D eigenvalue weighted by molar-refractivity contribution is 6.30. The highest BCUT2D eigenvalue weighted by atomic mass is 35.5. The number of benzene rings is 2. The first kappa shape index (κ1) is 21.5. The lowest BCUT2D eigenvalue weighted by Crippen LogP contribution is -2.19.